The molecule has 7 nitrogen and oxygen atoms in total. The Morgan fingerprint density at radius 2 is 1.85 bits per heavy atom. The fraction of sp³-hybridized carbons (Fsp3) is 0.500. The highest BCUT2D eigenvalue weighted by molar-refractivity contribution is 7.91. The average molecular weight is 299 g/mol. The van der Waals surface area contributed by atoms with E-state index in [1.54, 1.807) is 25.2 Å². The lowest BCUT2D eigenvalue weighted by Gasteiger charge is -2.24. The van der Waals surface area contributed by atoms with Gasteiger partial charge in [-0.1, -0.05) is 6.07 Å². The monoisotopic (exact) mass is 299 g/mol. The number of nitrogens with one attached hydrogen (secondary N) is 2. The molecule has 20 heavy (non-hydrogen) atoms. The molecule has 0 bridgehead atoms. The largest absolute Gasteiger partial charge is 0.382 e. The normalized spacial score (nSPS) is 18.4. The minimum atomic E-state index is -2.93. The van der Waals surface area contributed by atoms with Crippen LogP contribution in [0.3, 0.4) is 0 Å². The van der Waals surface area contributed by atoms with Crippen LogP contribution < -0.4 is 10.6 Å². The van der Waals surface area contributed by atoms with Gasteiger partial charge in [-0.2, -0.15) is 0 Å². The van der Waals surface area contributed by atoms with Crippen molar-refractivity contribution in [1.29, 1.82) is 0 Å². The van der Waals surface area contributed by atoms with Gasteiger partial charge in [-0.3, -0.25) is 10.1 Å². The maximum Gasteiger partial charge on any atom is 0.315 e. The van der Waals surface area contributed by atoms with E-state index in [1.807, 2.05) is 0 Å². The van der Waals surface area contributed by atoms with E-state index in [0.29, 0.717) is 24.2 Å². The van der Waals surface area contributed by atoms with Crippen LogP contribution in [-0.2, 0) is 9.84 Å². The van der Waals surface area contributed by atoms with Crippen LogP contribution in [0.1, 0.15) is 12.8 Å². The first-order chi connectivity index (χ1) is 9.43. The Labute approximate surface area is 117 Å². The summed E-state index contributed by atoms with van der Waals surface area (Å²) >= 11 is 0. The van der Waals surface area contributed by atoms with Crippen molar-refractivity contribution in [3.05, 3.63) is 28.3 Å². The molecule has 0 aromatic heterocycles. The van der Waals surface area contributed by atoms with Crippen LogP contribution >= 0.6 is 0 Å². The zero-order valence-electron chi connectivity index (χ0n) is 11.1. The molecule has 1 aliphatic rings. The summed E-state index contributed by atoms with van der Waals surface area (Å²) in [5, 5.41) is 17.1. The number of anilines is 2. The fourth-order valence-electron chi connectivity index (χ4n) is 2.31. The van der Waals surface area contributed by atoms with Gasteiger partial charge in [0.05, 0.1) is 16.4 Å². The van der Waals surface area contributed by atoms with Gasteiger partial charge in [-0.05, 0) is 25.0 Å². The second kappa shape index (κ2) is 5.66. The van der Waals surface area contributed by atoms with E-state index in [2.05, 4.69) is 10.6 Å². The third kappa shape index (κ3) is 3.19. The van der Waals surface area contributed by atoms with E-state index in [4.69, 9.17) is 0 Å². The van der Waals surface area contributed by atoms with Crippen LogP contribution in [0.2, 0.25) is 0 Å². The van der Waals surface area contributed by atoms with Crippen LogP contribution in [-0.4, -0.2) is 37.9 Å². The van der Waals surface area contributed by atoms with Crippen LogP contribution in [0.5, 0.6) is 0 Å². The molecule has 1 aromatic rings. The highest BCUT2D eigenvalue weighted by Crippen LogP contribution is 2.33. The van der Waals surface area contributed by atoms with E-state index in [0.717, 1.165) is 0 Å². The highest BCUT2D eigenvalue weighted by atomic mass is 32.2. The molecule has 0 spiro atoms. The SMILES string of the molecule is CNc1cccc(NC2CCS(=O)(=O)CC2)c1[N+](=O)[O-]. The zero-order chi connectivity index (χ0) is 14.8. The molecule has 1 aromatic carbocycles. The predicted octanol–water partition coefficient (Wildman–Crippen LogP) is 1.63. The van der Waals surface area contributed by atoms with Crippen molar-refractivity contribution in [2.45, 2.75) is 18.9 Å². The molecule has 8 heteroatoms. The van der Waals surface area contributed by atoms with E-state index in [1.165, 1.54) is 0 Å². The molecular formula is C12H17N3O4S. The standard InChI is InChI=1S/C12H17N3O4S/c1-13-10-3-2-4-11(12(10)15(16)17)14-9-5-7-20(18,19)8-6-9/h2-4,9,13-14H,5-8H2,1H3. The number of para-hydroxylation sites is 1. The van der Waals surface area contributed by atoms with Gasteiger partial charge in [0, 0.05) is 13.1 Å². The molecule has 0 unspecified atom stereocenters. The molecule has 0 aliphatic carbocycles. The Balaban J connectivity index is 2.20. The van der Waals surface area contributed by atoms with Gasteiger partial charge in [0.15, 0.2) is 0 Å². The highest BCUT2D eigenvalue weighted by Gasteiger charge is 2.26. The second-order valence-corrected chi connectivity index (χ2v) is 7.08. The molecule has 0 atom stereocenters. The molecule has 0 saturated carbocycles. The molecule has 0 radical (unpaired) electrons. The first-order valence-corrected chi connectivity index (χ1v) is 8.17. The summed E-state index contributed by atoms with van der Waals surface area (Å²) in [5.74, 6) is 0.258. The average Bonchev–Trinajstić information content (AvgIpc) is 2.40. The summed E-state index contributed by atoms with van der Waals surface area (Å²) in [6.07, 6.45) is 0.951. The Morgan fingerprint density at radius 1 is 1.25 bits per heavy atom. The van der Waals surface area contributed by atoms with E-state index >= 15 is 0 Å². The molecule has 1 heterocycles. The summed E-state index contributed by atoms with van der Waals surface area (Å²) in [6, 6.07) is 4.95. The van der Waals surface area contributed by atoms with Crippen LogP contribution in [0.4, 0.5) is 17.1 Å². The van der Waals surface area contributed by atoms with Gasteiger partial charge in [0.1, 0.15) is 21.2 Å². The van der Waals surface area contributed by atoms with Gasteiger partial charge in [-0.15, -0.1) is 0 Å². The lowest BCUT2D eigenvalue weighted by Crippen LogP contribution is -2.32. The van der Waals surface area contributed by atoms with Crippen LogP contribution in [0.25, 0.3) is 0 Å². The number of hydrogen-bond acceptors (Lipinski definition) is 6. The number of nitro benzene ring substituents is 1. The minimum absolute atomic E-state index is 0.0107. The lowest BCUT2D eigenvalue weighted by molar-refractivity contribution is -0.383. The first-order valence-electron chi connectivity index (χ1n) is 6.35. The summed E-state index contributed by atoms with van der Waals surface area (Å²) in [6.45, 7) is 0. The van der Waals surface area contributed by atoms with Crippen molar-refractivity contribution >= 4 is 26.9 Å². The molecule has 2 rings (SSSR count). The van der Waals surface area contributed by atoms with Crippen molar-refractivity contribution in [2.75, 3.05) is 29.2 Å². The molecule has 1 saturated heterocycles. The van der Waals surface area contributed by atoms with Crippen molar-refractivity contribution in [3.8, 4) is 0 Å². The number of nitro groups is 1. The van der Waals surface area contributed by atoms with E-state index in [9.17, 15) is 18.5 Å². The number of benzene rings is 1. The van der Waals surface area contributed by atoms with Gasteiger partial charge in [0.2, 0.25) is 0 Å². The summed E-state index contributed by atoms with van der Waals surface area (Å²) in [4.78, 5) is 10.7. The zero-order valence-corrected chi connectivity index (χ0v) is 11.9. The lowest BCUT2D eigenvalue weighted by atomic mass is 10.1. The van der Waals surface area contributed by atoms with E-state index in [-0.39, 0.29) is 23.2 Å². The summed E-state index contributed by atoms with van der Waals surface area (Å²) < 4.78 is 22.8. The maximum absolute atomic E-state index is 11.4. The third-order valence-electron chi connectivity index (χ3n) is 3.40. The number of nitrogens with zero attached hydrogens (tertiary/aromatic N) is 1. The number of hydrogen-bond donors (Lipinski definition) is 2. The smallest absolute Gasteiger partial charge is 0.315 e. The molecule has 1 fully saturated rings. The van der Waals surface area contributed by atoms with Crippen molar-refractivity contribution in [3.63, 3.8) is 0 Å². The topological polar surface area (TPSA) is 101 Å². The molecule has 1 aliphatic heterocycles. The summed E-state index contributed by atoms with van der Waals surface area (Å²) in [5.41, 5.74) is 0.845. The van der Waals surface area contributed by atoms with Gasteiger partial charge < -0.3 is 10.6 Å². The predicted molar refractivity (Wildman–Crippen MR) is 77.9 cm³/mol. The minimum Gasteiger partial charge on any atom is -0.382 e. The third-order valence-corrected chi connectivity index (χ3v) is 5.12. The van der Waals surface area contributed by atoms with Gasteiger partial charge in [0.25, 0.3) is 0 Å². The molecule has 110 valence electrons. The van der Waals surface area contributed by atoms with Crippen molar-refractivity contribution < 1.29 is 13.3 Å². The van der Waals surface area contributed by atoms with Gasteiger partial charge >= 0.3 is 5.69 Å². The Hall–Kier alpha value is -1.83. The van der Waals surface area contributed by atoms with Crippen molar-refractivity contribution in [1.82, 2.24) is 0 Å². The Morgan fingerprint density at radius 3 is 2.40 bits per heavy atom. The summed E-state index contributed by atoms with van der Waals surface area (Å²) in [7, 11) is -1.31. The fourth-order valence-corrected chi connectivity index (χ4v) is 3.80. The van der Waals surface area contributed by atoms with E-state index < -0.39 is 14.8 Å². The van der Waals surface area contributed by atoms with Crippen LogP contribution in [0, 0.1) is 10.1 Å². The number of sulfone groups is 1. The number of rotatable bonds is 4. The molecule has 0 amide bonds. The van der Waals surface area contributed by atoms with Gasteiger partial charge in [-0.25, -0.2) is 8.42 Å². The molecular weight excluding hydrogens is 282 g/mol. The second-order valence-electron chi connectivity index (χ2n) is 4.78. The van der Waals surface area contributed by atoms with Crippen LogP contribution in [0.15, 0.2) is 18.2 Å². The Kier molecular flexibility index (Phi) is 4.12. The molecule has 2 N–H and O–H groups in total. The quantitative estimate of drug-likeness (QED) is 0.647. The maximum atomic E-state index is 11.4. The van der Waals surface area contributed by atoms with Crippen molar-refractivity contribution in [2.24, 2.45) is 0 Å². The Bertz CT molecular complexity index is 601. The first kappa shape index (κ1) is 14.6.